The first-order valence-corrected chi connectivity index (χ1v) is 11.6. The number of nitrogens with zero attached hydrogens (tertiary/aromatic N) is 5. The van der Waals surface area contributed by atoms with E-state index < -0.39 is 5.91 Å². The standard InChI is InChI=1S/C22H26Cl2N6O3/c23-16-4-3-15(18(24)11-16)14-33-21-17(20(25)32)12-26-22(27-21)30-9-7-29(8-10-30)19(31)13-28-5-1-2-6-28/h3-4,11-12H,1-2,5-10,13-14H2,(H2,25,32). The summed E-state index contributed by atoms with van der Waals surface area (Å²) in [4.78, 5) is 39.2. The van der Waals surface area contributed by atoms with Crippen LogP contribution in [-0.2, 0) is 11.4 Å². The number of benzene rings is 1. The Morgan fingerprint density at radius 1 is 1.06 bits per heavy atom. The molecule has 2 aliphatic rings. The quantitative estimate of drug-likeness (QED) is 0.631. The van der Waals surface area contributed by atoms with Crippen LogP contribution in [0, 0.1) is 0 Å². The van der Waals surface area contributed by atoms with E-state index in [0.29, 0.717) is 54.3 Å². The second-order valence-electron chi connectivity index (χ2n) is 8.13. The fraction of sp³-hybridized carbons (Fsp3) is 0.455. The maximum absolute atomic E-state index is 12.6. The molecule has 1 aromatic heterocycles. The molecule has 2 aliphatic heterocycles. The molecular formula is C22H26Cl2N6O3. The fourth-order valence-electron chi connectivity index (χ4n) is 3.96. The van der Waals surface area contributed by atoms with Gasteiger partial charge in [-0.3, -0.25) is 14.5 Å². The lowest BCUT2D eigenvalue weighted by molar-refractivity contribution is -0.132. The van der Waals surface area contributed by atoms with Crippen LogP contribution in [0.3, 0.4) is 0 Å². The summed E-state index contributed by atoms with van der Waals surface area (Å²) in [5.74, 6) is -0.0172. The highest BCUT2D eigenvalue weighted by atomic mass is 35.5. The van der Waals surface area contributed by atoms with E-state index >= 15 is 0 Å². The first-order valence-electron chi connectivity index (χ1n) is 10.9. The predicted octanol–water partition coefficient (Wildman–Crippen LogP) is 2.21. The number of primary amides is 1. The number of aromatic nitrogens is 2. The van der Waals surface area contributed by atoms with Gasteiger partial charge in [0.2, 0.25) is 17.7 Å². The van der Waals surface area contributed by atoms with E-state index in [0.717, 1.165) is 25.9 Å². The second kappa shape index (κ2) is 10.5. The normalized spacial score (nSPS) is 16.8. The van der Waals surface area contributed by atoms with Gasteiger partial charge in [0.15, 0.2) is 0 Å². The highest BCUT2D eigenvalue weighted by Crippen LogP contribution is 2.25. The summed E-state index contributed by atoms with van der Waals surface area (Å²) < 4.78 is 5.79. The number of hydrogen-bond acceptors (Lipinski definition) is 7. The summed E-state index contributed by atoms with van der Waals surface area (Å²) in [5.41, 5.74) is 6.26. The summed E-state index contributed by atoms with van der Waals surface area (Å²) >= 11 is 12.2. The van der Waals surface area contributed by atoms with Crippen LogP contribution in [0.5, 0.6) is 5.88 Å². The van der Waals surface area contributed by atoms with E-state index in [1.807, 2.05) is 9.80 Å². The molecule has 2 N–H and O–H groups in total. The van der Waals surface area contributed by atoms with E-state index in [-0.39, 0.29) is 24.0 Å². The zero-order valence-electron chi connectivity index (χ0n) is 18.2. The minimum atomic E-state index is -0.684. The molecule has 0 atom stereocenters. The molecule has 9 nitrogen and oxygen atoms in total. The maximum Gasteiger partial charge on any atom is 0.255 e. The summed E-state index contributed by atoms with van der Waals surface area (Å²) in [6.45, 7) is 4.91. The van der Waals surface area contributed by atoms with E-state index in [2.05, 4.69) is 14.9 Å². The van der Waals surface area contributed by atoms with E-state index in [9.17, 15) is 9.59 Å². The zero-order valence-corrected chi connectivity index (χ0v) is 19.7. The Morgan fingerprint density at radius 2 is 1.79 bits per heavy atom. The van der Waals surface area contributed by atoms with E-state index in [1.54, 1.807) is 18.2 Å². The van der Waals surface area contributed by atoms with Gasteiger partial charge >= 0.3 is 0 Å². The lowest BCUT2D eigenvalue weighted by Gasteiger charge is -2.35. The van der Waals surface area contributed by atoms with Crippen LogP contribution in [0.25, 0.3) is 0 Å². The molecular weight excluding hydrogens is 467 g/mol. The van der Waals surface area contributed by atoms with Crippen molar-refractivity contribution in [2.24, 2.45) is 5.73 Å². The van der Waals surface area contributed by atoms with Crippen molar-refractivity contribution in [3.8, 4) is 5.88 Å². The highest BCUT2D eigenvalue weighted by molar-refractivity contribution is 6.35. The first-order chi connectivity index (χ1) is 15.9. The number of amides is 2. The molecule has 2 fully saturated rings. The Balaban J connectivity index is 1.40. The zero-order chi connectivity index (χ0) is 23.4. The van der Waals surface area contributed by atoms with Gasteiger partial charge in [0.1, 0.15) is 12.2 Å². The molecule has 0 bridgehead atoms. The Bertz CT molecular complexity index is 1020. The molecule has 0 aliphatic carbocycles. The van der Waals surface area contributed by atoms with Crippen LogP contribution < -0.4 is 15.4 Å². The highest BCUT2D eigenvalue weighted by Gasteiger charge is 2.26. The molecule has 2 amide bonds. The van der Waals surface area contributed by atoms with Gasteiger partial charge in [-0.15, -0.1) is 0 Å². The number of likely N-dealkylation sites (tertiary alicyclic amines) is 1. The van der Waals surface area contributed by atoms with Gasteiger partial charge in [-0.1, -0.05) is 29.3 Å². The number of halogens is 2. The molecule has 11 heteroatoms. The monoisotopic (exact) mass is 492 g/mol. The van der Waals surface area contributed by atoms with Gasteiger partial charge in [0, 0.05) is 48.0 Å². The molecule has 0 saturated carbocycles. The van der Waals surface area contributed by atoms with Crippen molar-refractivity contribution in [2.45, 2.75) is 19.4 Å². The topological polar surface area (TPSA) is 105 Å². The maximum atomic E-state index is 12.6. The number of carbonyl (C=O) groups is 2. The van der Waals surface area contributed by atoms with E-state index in [1.165, 1.54) is 6.20 Å². The van der Waals surface area contributed by atoms with Crippen molar-refractivity contribution >= 4 is 41.0 Å². The minimum absolute atomic E-state index is 0.0864. The average molecular weight is 493 g/mol. The molecule has 176 valence electrons. The third kappa shape index (κ3) is 5.85. The Kier molecular flexibility index (Phi) is 7.52. The van der Waals surface area contributed by atoms with Crippen molar-refractivity contribution in [1.29, 1.82) is 0 Å². The van der Waals surface area contributed by atoms with Crippen molar-refractivity contribution < 1.29 is 14.3 Å². The molecule has 2 aromatic rings. The number of nitrogens with two attached hydrogens (primary N) is 1. The van der Waals surface area contributed by atoms with Crippen LogP contribution in [0.1, 0.15) is 28.8 Å². The van der Waals surface area contributed by atoms with Crippen LogP contribution in [0.15, 0.2) is 24.4 Å². The molecule has 1 aromatic carbocycles. The third-order valence-corrected chi connectivity index (χ3v) is 6.45. The SMILES string of the molecule is NC(=O)c1cnc(N2CCN(C(=O)CN3CCCC3)CC2)nc1OCc1ccc(Cl)cc1Cl. The smallest absolute Gasteiger partial charge is 0.255 e. The summed E-state index contributed by atoms with van der Waals surface area (Å²) in [7, 11) is 0. The van der Waals surface area contributed by atoms with Crippen LogP contribution in [0.2, 0.25) is 10.0 Å². The van der Waals surface area contributed by atoms with Crippen LogP contribution in [-0.4, -0.2) is 77.4 Å². The Labute approximate surface area is 202 Å². The lowest BCUT2D eigenvalue weighted by Crippen LogP contribution is -2.51. The number of hydrogen-bond donors (Lipinski definition) is 1. The summed E-state index contributed by atoms with van der Waals surface area (Å²) in [6.07, 6.45) is 3.69. The predicted molar refractivity (Wildman–Crippen MR) is 126 cm³/mol. The molecule has 0 unspecified atom stereocenters. The summed E-state index contributed by atoms with van der Waals surface area (Å²) in [5, 5.41) is 0.969. The first kappa shape index (κ1) is 23.5. The Morgan fingerprint density at radius 3 is 2.45 bits per heavy atom. The van der Waals surface area contributed by atoms with Gasteiger partial charge in [0.25, 0.3) is 5.91 Å². The van der Waals surface area contributed by atoms with Gasteiger partial charge in [-0.25, -0.2) is 4.98 Å². The molecule has 0 spiro atoms. The minimum Gasteiger partial charge on any atom is -0.472 e. The molecule has 33 heavy (non-hydrogen) atoms. The molecule has 0 radical (unpaired) electrons. The Hall–Kier alpha value is -2.62. The summed E-state index contributed by atoms with van der Waals surface area (Å²) in [6, 6.07) is 5.07. The number of piperazine rings is 1. The number of ether oxygens (including phenoxy) is 1. The van der Waals surface area contributed by atoms with E-state index in [4.69, 9.17) is 33.7 Å². The van der Waals surface area contributed by atoms with Gasteiger partial charge in [-0.2, -0.15) is 4.98 Å². The van der Waals surface area contributed by atoms with Crippen molar-refractivity contribution in [3.05, 3.63) is 45.6 Å². The average Bonchev–Trinajstić information content (AvgIpc) is 3.31. The van der Waals surface area contributed by atoms with Crippen LogP contribution in [0.4, 0.5) is 5.95 Å². The van der Waals surface area contributed by atoms with Crippen LogP contribution >= 0.6 is 23.2 Å². The molecule has 4 rings (SSSR count). The van der Waals surface area contributed by atoms with Crippen molar-refractivity contribution in [3.63, 3.8) is 0 Å². The molecule has 2 saturated heterocycles. The van der Waals surface area contributed by atoms with Gasteiger partial charge < -0.3 is 20.3 Å². The molecule has 3 heterocycles. The number of carbonyl (C=O) groups excluding carboxylic acids is 2. The second-order valence-corrected chi connectivity index (χ2v) is 8.97. The van der Waals surface area contributed by atoms with Crippen molar-refractivity contribution in [1.82, 2.24) is 19.8 Å². The van der Waals surface area contributed by atoms with Crippen molar-refractivity contribution in [2.75, 3.05) is 50.7 Å². The fourth-order valence-corrected chi connectivity index (χ4v) is 4.42. The number of anilines is 1. The number of rotatable bonds is 7. The lowest BCUT2D eigenvalue weighted by atomic mass is 10.2. The third-order valence-electron chi connectivity index (χ3n) is 5.86. The van der Waals surface area contributed by atoms with Gasteiger partial charge in [-0.05, 0) is 38.1 Å². The largest absolute Gasteiger partial charge is 0.472 e. The van der Waals surface area contributed by atoms with Gasteiger partial charge in [0.05, 0.1) is 6.54 Å².